The van der Waals surface area contributed by atoms with Crippen molar-refractivity contribution in [2.24, 2.45) is 0 Å². The quantitative estimate of drug-likeness (QED) is 0.504. The van der Waals surface area contributed by atoms with Gasteiger partial charge in [0.2, 0.25) is 0 Å². The molecule has 0 nitrogen and oxygen atoms in total. The Morgan fingerprint density at radius 3 is 1.38 bits per heavy atom. The number of rotatable bonds is 10. The van der Waals surface area contributed by atoms with Crippen LogP contribution in [0.2, 0.25) is -0.511 Å². The van der Waals surface area contributed by atoms with E-state index in [1.54, 1.807) is -0.511 Å². The molecular formula is C12H25Rb. The fourth-order valence-corrected chi connectivity index (χ4v) is 2.97. The second-order valence-electron chi connectivity index (χ2n) is 4.18. The Kier molecular flexibility index (Phi) is 15.7. The molecule has 0 unspecified atom stereocenters. The van der Waals surface area contributed by atoms with E-state index in [9.17, 15) is 0 Å². The molecule has 0 bridgehead atoms. The molecular weight excluding hydrogens is 230 g/mol. The Morgan fingerprint density at radius 1 is 0.615 bits per heavy atom. The Bertz CT molecular complexity index is 71.2. The van der Waals surface area contributed by atoms with Crippen LogP contribution in [0.15, 0.2) is 0 Å². The van der Waals surface area contributed by atoms with Crippen molar-refractivity contribution < 1.29 is 0 Å². The minimum absolute atomic E-state index is 0.963. The first-order chi connectivity index (χ1) is 6.41. The van der Waals surface area contributed by atoms with Gasteiger partial charge in [0.05, 0.1) is 0 Å². The van der Waals surface area contributed by atoms with Crippen molar-refractivity contribution in [3.8, 4) is 0 Å². The number of hydrogen-bond acceptors (Lipinski definition) is 0. The van der Waals surface area contributed by atoms with Crippen LogP contribution in [0.25, 0.3) is 0 Å². The SMILES string of the molecule is CCCCCCCCCCC[CH2][Rb]. The van der Waals surface area contributed by atoms with E-state index in [1.807, 2.05) is 0 Å². The van der Waals surface area contributed by atoms with E-state index >= 15 is 0 Å². The third-order valence-electron chi connectivity index (χ3n) is 2.71. The molecule has 0 radical (unpaired) electrons. The number of hydrogen-bond donors (Lipinski definition) is 0. The van der Waals surface area contributed by atoms with Crippen molar-refractivity contribution in [2.45, 2.75) is 70.6 Å². The molecule has 1 heteroatoms. The van der Waals surface area contributed by atoms with Crippen LogP contribution in [-0.2, 0) is 0 Å². The third kappa shape index (κ3) is 13.8. The molecule has 0 heterocycles. The van der Waals surface area contributed by atoms with Crippen LogP contribution in [0, 0.1) is 0 Å². The molecule has 0 saturated heterocycles. The molecule has 0 saturated carbocycles. The van der Waals surface area contributed by atoms with Gasteiger partial charge in [-0.2, -0.15) is 0 Å². The van der Waals surface area contributed by atoms with Gasteiger partial charge < -0.3 is 0 Å². The Morgan fingerprint density at radius 2 is 1.00 bits per heavy atom. The zero-order valence-electron chi connectivity index (χ0n) is 9.78. The van der Waals surface area contributed by atoms with Gasteiger partial charge in [0.25, 0.3) is 0 Å². The van der Waals surface area contributed by atoms with Crippen molar-refractivity contribution in [1.82, 2.24) is 0 Å². The van der Waals surface area contributed by atoms with Gasteiger partial charge in [0.15, 0.2) is 0 Å². The summed E-state index contributed by atoms with van der Waals surface area (Å²) in [5.74, 6) is 0. The average molecular weight is 255 g/mol. The summed E-state index contributed by atoms with van der Waals surface area (Å²) in [5, 5.41) is 0. The van der Waals surface area contributed by atoms with Crippen LogP contribution >= 0.6 is 0 Å². The molecule has 0 aromatic carbocycles. The summed E-state index contributed by atoms with van der Waals surface area (Å²) >= 11 is 0.963. The van der Waals surface area contributed by atoms with E-state index in [2.05, 4.69) is 6.92 Å². The van der Waals surface area contributed by atoms with E-state index in [0.717, 1.165) is 55.5 Å². The van der Waals surface area contributed by atoms with Crippen molar-refractivity contribution in [3.05, 3.63) is 0 Å². The summed E-state index contributed by atoms with van der Waals surface area (Å²) in [7, 11) is 0. The molecule has 0 fully saturated rings. The predicted octanol–water partition coefficient (Wildman–Crippen LogP) is 4.49. The second kappa shape index (κ2) is 13.8. The van der Waals surface area contributed by atoms with E-state index < -0.39 is 0 Å². The van der Waals surface area contributed by atoms with E-state index in [-0.39, 0.29) is 0 Å². The van der Waals surface area contributed by atoms with Crippen LogP contribution in [0.3, 0.4) is 0 Å². The van der Waals surface area contributed by atoms with Crippen molar-refractivity contribution in [1.29, 1.82) is 0 Å². The standard InChI is InChI=1S/C12H25.Rb/c1-3-5-7-9-11-12-10-8-6-4-2;/h1,3-12H2,2H3;. The van der Waals surface area contributed by atoms with Gasteiger partial charge >= 0.3 is 126 Å². The maximum atomic E-state index is 2.29. The van der Waals surface area contributed by atoms with E-state index in [1.165, 1.54) is 64.2 Å². The van der Waals surface area contributed by atoms with Crippen LogP contribution in [0.4, 0.5) is 0 Å². The zero-order chi connectivity index (χ0) is 9.78. The molecule has 0 aromatic heterocycles. The Labute approximate surface area is 124 Å². The van der Waals surface area contributed by atoms with Crippen molar-refractivity contribution in [2.75, 3.05) is 0 Å². The summed E-state index contributed by atoms with van der Waals surface area (Å²) in [6, 6.07) is 0. The Balaban J connectivity index is 2.76. The minimum atomic E-state index is 0.963. The monoisotopic (exact) mass is 254 g/mol. The summed E-state index contributed by atoms with van der Waals surface area (Å²) < 4.78 is 1.58. The first-order valence-electron chi connectivity index (χ1n) is 6.41. The topological polar surface area (TPSA) is 0 Å². The van der Waals surface area contributed by atoms with Gasteiger partial charge in [0, 0.05) is 0 Å². The van der Waals surface area contributed by atoms with Gasteiger partial charge in [-0.25, -0.2) is 0 Å². The molecule has 74 valence electrons. The fourth-order valence-electron chi connectivity index (χ4n) is 1.74. The Hall–Kier alpha value is 1.81. The molecule has 13 heavy (non-hydrogen) atoms. The molecule has 0 aliphatic rings. The summed E-state index contributed by atoms with van der Waals surface area (Å²) in [6.45, 7) is 2.29. The van der Waals surface area contributed by atoms with Crippen LogP contribution in [0.5, 0.6) is 0 Å². The average Bonchev–Trinajstić information content (AvgIpc) is 2.16. The van der Waals surface area contributed by atoms with Crippen molar-refractivity contribution >= 4 is 55.5 Å². The maximum absolute atomic E-state index is 2.29. The molecule has 0 aromatic rings. The molecule has 0 spiro atoms. The third-order valence-corrected chi connectivity index (χ3v) is 4.45. The molecule has 0 rings (SSSR count). The summed E-state index contributed by atoms with van der Waals surface area (Å²) in [4.78, 5) is 0. The van der Waals surface area contributed by atoms with Gasteiger partial charge in [-0.1, -0.05) is 0 Å². The van der Waals surface area contributed by atoms with Gasteiger partial charge in [-0.3, -0.25) is 0 Å². The van der Waals surface area contributed by atoms with Crippen LogP contribution in [-0.4, -0.2) is 55.5 Å². The van der Waals surface area contributed by atoms with Crippen LogP contribution < -0.4 is 0 Å². The van der Waals surface area contributed by atoms with Gasteiger partial charge in [-0.05, 0) is 0 Å². The fraction of sp³-hybridized carbons (Fsp3) is 1.00. The first kappa shape index (κ1) is 14.8. The van der Waals surface area contributed by atoms with E-state index in [4.69, 9.17) is 0 Å². The normalized spacial score (nSPS) is 10.7. The van der Waals surface area contributed by atoms with Gasteiger partial charge in [-0.15, -0.1) is 0 Å². The van der Waals surface area contributed by atoms with Crippen LogP contribution in [0.1, 0.15) is 71.1 Å². The predicted molar refractivity (Wildman–Crippen MR) is 62.4 cm³/mol. The summed E-state index contributed by atoms with van der Waals surface area (Å²) in [5.41, 5.74) is 0. The van der Waals surface area contributed by atoms with E-state index in [0.29, 0.717) is 0 Å². The number of unbranched alkanes of at least 4 members (excludes halogenated alkanes) is 9. The first-order valence-corrected chi connectivity index (χ1v) is 9.89. The zero-order valence-corrected chi connectivity index (χ0v) is 14.7. The van der Waals surface area contributed by atoms with Gasteiger partial charge in [0.1, 0.15) is 0 Å². The van der Waals surface area contributed by atoms with Crippen molar-refractivity contribution in [3.63, 3.8) is 0 Å². The summed E-state index contributed by atoms with van der Waals surface area (Å²) in [6.07, 6.45) is 14.8. The molecule has 0 N–H and O–H groups in total. The second-order valence-corrected chi connectivity index (χ2v) is 6.64. The molecule has 0 atom stereocenters. The molecule has 0 aliphatic heterocycles. The molecule has 0 amide bonds. The molecule has 0 aliphatic carbocycles.